The molecule has 8 nitrogen and oxygen atoms in total. The summed E-state index contributed by atoms with van der Waals surface area (Å²) in [7, 11) is 0. The minimum Gasteiger partial charge on any atom is -0.335 e. The van der Waals surface area contributed by atoms with Crippen LogP contribution in [0.25, 0.3) is 10.1 Å². The van der Waals surface area contributed by atoms with Gasteiger partial charge in [-0.1, -0.05) is 29.3 Å². The molecule has 0 aliphatic carbocycles. The maximum Gasteiger partial charge on any atom is 0.269 e. The number of nitro groups is 1. The van der Waals surface area contributed by atoms with Crippen LogP contribution in [-0.4, -0.2) is 59.3 Å². The second-order valence-corrected chi connectivity index (χ2v) is 9.17. The fraction of sp³-hybridized carbons (Fsp3) is 0.238. The summed E-state index contributed by atoms with van der Waals surface area (Å²) in [5.74, 6) is -0.342. The van der Waals surface area contributed by atoms with Crippen molar-refractivity contribution in [1.29, 1.82) is 0 Å². The van der Waals surface area contributed by atoms with Crippen molar-refractivity contribution >= 4 is 67.8 Å². The minimum atomic E-state index is -0.493. The highest BCUT2D eigenvalue weighted by Gasteiger charge is 2.27. The number of carbonyl (C=O) groups is 2. The summed E-state index contributed by atoms with van der Waals surface area (Å²) in [4.78, 5) is 39.7. The molecule has 1 aliphatic heterocycles. The molecule has 3 aromatic rings. The smallest absolute Gasteiger partial charge is 0.269 e. The van der Waals surface area contributed by atoms with E-state index in [2.05, 4.69) is 5.32 Å². The number of non-ortho nitro benzene ring substituents is 1. The third-order valence-electron chi connectivity index (χ3n) is 5.17. The molecule has 1 aliphatic rings. The van der Waals surface area contributed by atoms with Crippen LogP contribution in [0.2, 0.25) is 10.0 Å². The molecule has 2 amide bonds. The van der Waals surface area contributed by atoms with E-state index in [1.165, 1.54) is 35.6 Å². The largest absolute Gasteiger partial charge is 0.335 e. The van der Waals surface area contributed by atoms with Crippen LogP contribution in [0.1, 0.15) is 9.67 Å². The molecule has 11 heteroatoms. The van der Waals surface area contributed by atoms with Gasteiger partial charge in [0.05, 0.1) is 16.5 Å². The van der Waals surface area contributed by atoms with Crippen molar-refractivity contribution in [3.63, 3.8) is 0 Å². The summed E-state index contributed by atoms with van der Waals surface area (Å²) in [6.45, 7) is 2.23. The first-order valence-electron chi connectivity index (χ1n) is 9.75. The van der Waals surface area contributed by atoms with Crippen molar-refractivity contribution < 1.29 is 14.5 Å². The first kappa shape index (κ1) is 22.5. The fourth-order valence-electron chi connectivity index (χ4n) is 3.50. The van der Waals surface area contributed by atoms with E-state index in [0.717, 1.165) is 10.1 Å². The Hall–Kier alpha value is -2.72. The summed E-state index contributed by atoms with van der Waals surface area (Å²) in [5, 5.41) is 15.3. The summed E-state index contributed by atoms with van der Waals surface area (Å²) in [6, 6.07) is 11.0. The van der Waals surface area contributed by atoms with Crippen LogP contribution < -0.4 is 5.32 Å². The molecule has 2 heterocycles. The quantitative estimate of drug-likeness (QED) is 0.417. The van der Waals surface area contributed by atoms with Gasteiger partial charge >= 0.3 is 0 Å². The number of amides is 2. The monoisotopic (exact) mass is 492 g/mol. The molecule has 1 N–H and O–H groups in total. The van der Waals surface area contributed by atoms with Gasteiger partial charge in [0, 0.05) is 59.1 Å². The predicted molar refractivity (Wildman–Crippen MR) is 126 cm³/mol. The molecule has 166 valence electrons. The molecule has 32 heavy (non-hydrogen) atoms. The van der Waals surface area contributed by atoms with E-state index in [1.54, 1.807) is 17.0 Å². The number of carbonyl (C=O) groups excluding carboxylic acids is 2. The molecule has 1 saturated heterocycles. The minimum absolute atomic E-state index is 0.0365. The first-order chi connectivity index (χ1) is 15.3. The van der Waals surface area contributed by atoms with Gasteiger partial charge in [-0.3, -0.25) is 24.6 Å². The Labute approximate surface area is 197 Å². The zero-order valence-corrected chi connectivity index (χ0v) is 19.0. The molecular formula is C21H18Cl2N4O4S. The fourth-order valence-corrected chi connectivity index (χ4v) is 5.26. The molecule has 4 rings (SSSR count). The zero-order valence-electron chi connectivity index (χ0n) is 16.7. The Morgan fingerprint density at radius 3 is 2.41 bits per heavy atom. The lowest BCUT2D eigenvalue weighted by molar-refractivity contribution is -0.384. The number of nitrogens with one attached hydrogen (secondary N) is 1. The maximum atomic E-state index is 13.0. The third-order valence-corrected chi connectivity index (χ3v) is 7.05. The van der Waals surface area contributed by atoms with E-state index in [0.29, 0.717) is 46.8 Å². The molecule has 0 atom stereocenters. The topological polar surface area (TPSA) is 95.8 Å². The summed E-state index contributed by atoms with van der Waals surface area (Å²) >= 11 is 13.8. The average Bonchev–Trinajstić information content (AvgIpc) is 3.09. The van der Waals surface area contributed by atoms with Gasteiger partial charge in [-0.15, -0.1) is 11.3 Å². The third kappa shape index (κ3) is 4.86. The molecule has 1 fully saturated rings. The molecule has 1 aromatic heterocycles. The lowest BCUT2D eigenvalue weighted by Crippen LogP contribution is -2.50. The highest BCUT2D eigenvalue weighted by atomic mass is 35.5. The number of piperazine rings is 1. The molecule has 0 spiro atoms. The second-order valence-electron chi connectivity index (χ2n) is 7.31. The Morgan fingerprint density at radius 1 is 1.06 bits per heavy atom. The van der Waals surface area contributed by atoms with Crippen LogP contribution in [0.3, 0.4) is 0 Å². The van der Waals surface area contributed by atoms with Crippen molar-refractivity contribution in [3.05, 3.63) is 67.5 Å². The lowest BCUT2D eigenvalue weighted by atomic mass is 10.2. The van der Waals surface area contributed by atoms with Crippen LogP contribution in [0.4, 0.5) is 11.4 Å². The van der Waals surface area contributed by atoms with E-state index < -0.39 is 4.92 Å². The van der Waals surface area contributed by atoms with Crippen LogP contribution in [-0.2, 0) is 4.79 Å². The number of halogens is 2. The van der Waals surface area contributed by atoms with Gasteiger partial charge in [0.15, 0.2) is 0 Å². The van der Waals surface area contributed by atoms with Crippen molar-refractivity contribution in [2.45, 2.75) is 0 Å². The van der Waals surface area contributed by atoms with Crippen LogP contribution in [0.15, 0.2) is 42.5 Å². The van der Waals surface area contributed by atoms with E-state index in [9.17, 15) is 19.7 Å². The number of hydrogen-bond acceptors (Lipinski definition) is 6. The second kappa shape index (κ2) is 9.41. The number of thiophene rings is 1. The first-order valence-corrected chi connectivity index (χ1v) is 11.3. The molecule has 0 bridgehead atoms. The Balaban J connectivity index is 1.32. The summed E-state index contributed by atoms with van der Waals surface area (Å²) in [5.41, 5.74) is 0.458. The lowest BCUT2D eigenvalue weighted by Gasteiger charge is -2.34. The highest BCUT2D eigenvalue weighted by Crippen LogP contribution is 2.37. The van der Waals surface area contributed by atoms with Gasteiger partial charge in [0.2, 0.25) is 5.91 Å². The van der Waals surface area contributed by atoms with E-state index in [1.807, 2.05) is 11.0 Å². The van der Waals surface area contributed by atoms with Gasteiger partial charge < -0.3 is 10.2 Å². The standard InChI is InChI=1S/C21H18Cl2N4O4S/c22-13-1-6-16-17(11-13)32-20(19(16)23)21(29)26-9-7-25(8-10-26)12-18(28)24-14-2-4-15(5-3-14)27(30)31/h1-6,11H,7-10,12H2,(H,24,28). The highest BCUT2D eigenvalue weighted by molar-refractivity contribution is 7.21. The van der Waals surface area contributed by atoms with Crippen LogP contribution in [0, 0.1) is 10.1 Å². The average molecular weight is 493 g/mol. The number of rotatable bonds is 5. The maximum absolute atomic E-state index is 13.0. The SMILES string of the molecule is O=C(CN1CCN(C(=O)c2sc3cc(Cl)ccc3c2Cl)CC1)Nc1ccc([N+](=O)[O-])cc1. The number of nitrogens with zero attached hydrogens (tertiary/aromatic N) is 3. The number of fused-ring (bicyclic) bond motifs is 1. The van der Waals surface area contributed by atoms with Gasteiger partial charge in [0.1, 0.15) is 4.88 Å². The summed E-state index contributed by atoms with van der Waals surface area (Å²) < 4.78 is 0.868. The normalized spacial score (nSPS) is 14.5. The number of anilines is 1. The summed E-state index contributed by atoms with van der Waals surface area (Å²) in [6.07, 6.45) is 0. The van der Waals surface area contributed by atoms with Crippen molar-refractivity contribution in [3.8, 4) is 0 Å². The zero-order chi connectivity index (χ0) is 22.8. The van der Waals surface area contributed by atoms with Gasteiger partial charge in [0.25, 0.3) is 11.6 Å². The van der Waals surface area contributed by atoms with Crippen LogP contribution in [0.5, 0.6) is 0 Å². The van der Waals surface area contributed by atoms with Gasteiger partial charge in [-0.25, -0.2) is 0 Å². The molecule has 2 aromatic carbocycles. The molecule has 0 saturated carbocycles. The molecular weight excluding hydrogens is 475 g/mol. The van der Waals surface area contributed by atoms with Gasteiger partial charge in [-0.2, -0.15) is 0 Å². The van der Waals surface area contributed by atoms with E-state index in [-0.39, 0.29) is 24.0 Å². The number of benzene rings is 2. The Bertz CT molecular complexity index is 1190. The van der Waals surface area contributed by atoms with E-state index in [4.69, 9.17) is 23.2 Å². The molecule has 0 unspecified atom stereocenters. The van der Waals surface area contributed by atoms with Gasteiger partial charge in [-0.05, 0) is 24.3 Å². The van der Waals surface area contributed by atoms with E-state index >= 15 is 0 Å². The van der Waals surface area contributed by atoms with Crippen molar-refractivity contribution in [2.75, 3.05) is 38.0 Å². The Morgan fingerprint density at radius 2 is 1.75 bits per heavy atom. The number of nitro benzene ring substituents is 1. The van der Waals surface area contributed by atoms with Crippen molar-refractivity contribution in [1.82, 2.24) is 9.80 Å². The number of hydrogen-bond donors (Lipinski definition) is 1. The van der Waals surface area contributed by atoms with Crippen LogP contribution >= 0.6 is 34.5 Å². The predicted octanol–water partition coefficient (Wildman–Crippen LogP) is 4.51. The van der Waals surface area contributed by atoms with Crippen molar-refractivity contribution in [2.24, 2.45) is 0 Å². The molecule has 0 radical (unpaired) electrons. The Kier molecular flexibility index (Phi) is 6.61.